The Hall–Kier alpha value is -0.820. The lowest BCUT2D eigenvalue weighted by Gasteiger charge is -2.22. The molecule has 1 atom stereocenters. The van der Waals surface area contributed by atoms with Crippen LogP contribution in [0.25, 0.3) is 0 Å². The molecule has 1 aromatic carbocycles. The summed E-state index contributed by atoms with van der Waals surface area (Å²) in [5.74, 6) is 0.815. The molecule has 1 aliphatic heterocycles. The summed E-state index contributed by atoms with van der Waals surface area (Å²) in [4.78, 5) is 0. The molecule has 1 heteroatoms. The number of hydrogen-bond acceptors (Lipinski definition) is 1. The third-order valence-corrected chi connectivity index (χ3v) is 4.18. The molecule has 1 saturated carbocycles. The lowest BCUT2D eigenvalue weighted by Crippen LogP contribution is -2.06. The summed E-state index contributed by atoms with van der Waals surface area (Å²) < 4.78 is 5.47. The summed E-state index contributed by atoms with van der Waals surface area (Å²) in [5, 5.41) is 0. The van der Waals surface area contributed by atoms with E-state index in [1.165, 1.54) is 43.2 Å². The fraction of sp³-hybridized carbons (Fsp3) is 0.600. The van der Waals surface area contributed by atoms with Gasteiger partial charge in [-0.1, -0.05) is 43.5 Å². The third kappa shape index (κ3) is 1.89. The Bertz CT molecular complexity index is 356. The van der Waals surface area contributed by atoms with E-state index >= 15 is 0 Å². The van der Waals surface area contributed by atoms with E-state index in [1.807, 2.05) is 0 Å². The van der Waals surface area contributed by atoms with Crippen LogP contribution in [0.1, 0.15) is 56.1 Å². The van der Waals surface area contributed by atoms with Crippen LogP contribution in [0.2, 0.25) is 0 Å². The van der Waals surface area contributed by atoms with E-state index in [9.17, 15) is 0 Å². The molecule has 0 spiro atoms. The van der Waals surface area contributed by atoms with Crippen LogP contribution < -0.4 is 0 Å². The first-order valence-corrected chi connectivity index (χ1v) is 6.52. The molecular weight excluding hydrogens is 196 g/mol. The molecule has 0 amide bonds. The first-order valence-electron chi connectivity index (χ1n) is 6.52. The molecule has 1 unspecified atom stereocenters. The van der Waals surface area contributed by atoms with E-state index in [0.717, 1.165) is 12.5 Å². The van der Waals surface area contributed by atoms with Crippen molar-refractivity contribution in [1.29, 1.82) is 0 Å². The van der Waals surface area contributed by atoms with Crippen LogP contribution in [0.15, 0.2) is 24.3 Å². The highest BCUT2D eigenvalue weighted by Gasteiger charge is 2.40. The van der Waals surface area contributed by atoms with E-state index in [4.69, 9.17) is 4.74 Å². The van der Waals surface area contributed by atoms with Crippen molar-refractivity contribution < 1.29 is 4.74 Å². The zero-order chi connectivity index (χ0) is 11.0. The summed E-state index contributed by atoms with van der Waals surface area (Å²) in [6, 6.07) is 9.16. The van der Waals surface area contributed by atoms with Crippen molar-refractivity contribution in [1.82, 2.24) is 0 Å². The second kappa shape index (κ2) is 3.89. The van der Waals surface area contributed by atoms with Gasteiger partial charge < -0.3 is 4.74 Å². The van der Waals surface area contributed by atoms with Crippen LogP contribution in [0, 0.1) is 0 Å². The molecule has 16 heavy (non-hydrogen) atoms. The Labute approximate surface area is 97.8 Å². The SMILES string of the molecule is CC1(c2ccc(C3CCCCC3)cc2)CO1. The maximum absolute atomic E-state index is 5.47. The predicted octanol–water partition coefficient (Wildman–Crippen LogP) is 3.98. The second-order valence-electron chi connectivity index (χ2n) is 5.48. The third-order valence-electron chi connectivity index (χ3n) is 4.18. The van der Waals surface area contributed by atoms with Gasteiger partial charge in [0.1, 0.15) is 5.60 Å². The number of benzene rings is 1. The summed E-state index contributed by atoms with van der Waals surface area (Å²) in [5.41, 5.74) is 2.91. The average molecular weight is 216 g/mol. The Morgan fingerprint density at radius 1 is 1.06 bits per heavy atom. The van der Waals surface area contributed by atoms with Gasteiger partial charge in [0.15, 0.2) is 0 Å². The van der Waals surface area contributed by atoms with Gasteiger partial charge in [-0.25, -0.2) is 0 Å². The second-order valence-corrected chi connectivity index (χ2v) is 5.48. The standard InChI is InChI=1S/C15H20O/c1-15(11-16-15)14-9-7-13(8-10-14)12-5-3-2-4-6-12/h7-10,12H,2-6,11H2,1H3. The van der Waals surface area contributed by atoms with Gasteiger partial charge >= 0.3 is 0 Å². The summed E-state index contributed by atoms with van der Waals surface area (Å²) >= 11 is 0. The fourth-order valence-electron chi connectivity index (χ4n) is 2.82. The van der Waals surface area contributed by atoms with Crippen molar-refractivity contribution >= 4 is 0 Å². The number of rotatable bonds is 2. The first-order chi connectivity index (χ1) is 7.78. The molecule has 0 radical (unpaired) electrons. The molecule has 1 nitrogen and oxygen atoms in total. The molecule has 2 fully saturated rings. The summed E-state index contributed by atoms with van der Waals surface area (Å²) in [7, 11) is 0. The smallest absolute Gasteiger partial charge is 0.114 e. The summed E-state index contributed by atoms with van der Waals surface area (Å²) in [6.45, 7) is 3.05. The van der Waals surface area contributed by atoms with E-state index < -0.39 is 0 Å². The Morgan fingerprint density at radius 3 is 2.25 bits per heavy atom. The van der Waals surface area contributed by atoms with E-state index in [0.29, 0.717) is 0 Å². The van der Waals surface area contributed by atoms with Crippen molar-refractivity contribution in [3.63, 3.8) is 0 Å². The first kappa shape index (κ1) is 10.3. The van der Waals surface area contributed by atoms with Crippen LogP contribution >= 0.6 is 0 Å². The summed E-state index contributed by atoms with van der Waals surface area (Å²) in [6.07, 6.45) is 7.02. The minimum absolute atomic E-state index is 0.0328. The zero-order valence-electron chi connectivity index (χ0n) is 10.0. The number of epoxide rings is 1. The predicted molar refractivity (Wildman–Crippen MR) is 65.6 cm³/mol. The molecular formula is C15H20O. The van der Waals surface area contributed by atoms with E-state index in [2.05, 4.69) is 31.2 Å². The van der Waals surface area contributed by atoms with Crippen LogP contribution in [0.3, 0.4) is 0 Å². The fourth-order valence-corrected chi connectivity index (χ4v) is 2.82. The lowest BCUT2D eigenvalue weighted by molar-refractivity contribution is 0.329. The normalized spacial score (nSPS) is 30.3. The Balaban J connectivity index is 1.76. The topological polar surface area (TPSA) is 12.5 Å². The van der Waals surface area contributed by atoms with Crippen molar-refractivity contribution in [2.45, 2.75) is 50.5 Å². The molecule has 1 heterocycles. The molecule has 0 N–H and O–H groups in total. The van der Waals surface area contributed by atoms with Gasteiger partial charge in [-0.2, -0.15) is 0 Å². The molecule has 1 saturated heterocycles. The Morgan fingerprint density at radius 2 is 1.69 bits per heavy atom. The highest BCUT2D eigenvalue weighted by Crippen LogP contribution is 2.39. The largest absolute Gasteiger partial charge is 0.365 e. The quantitative estimate of drug-likeness (QED) is 0.681. The van der Waals surface area contributed by atoms with Gasteiger partial charge in [0, 0.05) is 0 Å². The minimum Gasteiger partial charge on any atom is -0.365 e. The highest BCUT2D eigenvalue weighted by molar-refractivity contribution is 5.31. The van der Waals surface area contributed by atoms with Crippen LogP contribution in [-0.2, 0) is 10.3 Å². The molecule has 2 aliphatic rings. The van der Waals surface area contributed by atoms with Crippen LogP contribution in [-0.4, -0.2) is 6.61 Å². The van der Waals surface area contributed by atoms with Gasteiger partial charge in [-0.3, -0.25) is 0 Å². The van der Waals surface area contributed by atoms with Gasteiger partial charge in [-0.15, -0.1) is 0 Å². The molecule has 1 aromatic rings. The molecule has 0 aromatic heterocycles. The maximum atomic E-state index is 5.47. The van der Waals surface area contributed by atoms with Crippen molar-refractivity contribution in [2.24, 2.45) is 0 Å². The molecule has 0 bridgehead atoms. The van der Waals surface area contributed by atoms with Crippen molar-refractivity contribution in [3.05, 3.63) is 35.4 Å². The van der Waals surface area contributed by atoms with Crippen molar-refractivity contribution in [3.8, 4) is 0 Å². The molecule has 1 aliphatic carbocycles. The zero-order valence-corrected chi connectivity index (χ0v) is 10.0. The van der Waals surface area contributed by atoms with Gasteiger partial charge in [-0.05, 0) is 36.8 Å². The Kier molecular flexibility index (Phi) is 2.51. The van der Waals surface area contributed by atoms with Gasteiger partial charge in [0.25, 0.3) is 0 Å². The monoisotopic (exact) mass is 216 g/mol. The van der Waals surface area contributed by atoms with Crippen LogP contribution in [0.5, 0.6) is 0 Å². The minimum atomic E-state index is 0.0328. The maximum Gasteiger partial charge on any atom is 0.114 e. The van der Waals surface area contributed by atoms with E-state index in [-0.39, 0.29) is 5.60 Å². The molecule has 86 valence electrons. The number of ether oxygens (including phenoxy) is 1. The molecule has 3 rings (SSSR count). The highest BCUT2D eigenvalue weighted by atomic mass is 16.6. The van der Waals surface area contributed by atoms with E-state index in [1.54, 1.807) is 0 Å². The van der Waals surface area contributed by atoms with Gasteiger partial charge in [0.2, 0.25) is 0 Å². The average Bonchev–Trinajstić information content (AvgIpc) is 3.10. The van der Waals surface area contributed by atoms with Gasteiger partial charge in [0.05, 0.1) is 6.61 Å². The lowest BCUT2D eigenvalue weighted by atomic mass is 9.83. The van der Waals surface area contributed by atoms with Crippen LogP contribution in [0.4, 0.5) is 0 Å². The van der Waals surface area contributed by atoms with Crippen molar-refractivity contribution in [2.75, 3.05) is 6.61 Å². The number of hydrogen-bond donors (Lipinski definition) is 0.